The van der Waals surface area contributed by atoms with Crippen molar-refractivity contribution in [1.82, 2.24) is 9.80 Å². The van der Waals surface area contributed by atoms with Crippen molar-refractivity contribution in [2.24, 2.45) is 5.73 Å². The maximum Gasteiger partial charge on any atom is 0.323 e. The number of amides is 3. The smallest absolute Gasteiger partial charge is 0.323 e. The van der Waals surface area contributed by atoms with Crippen molar-refractivity contribution in [2.75, 3.05) is 32.8 Å². The van der Waals surface area contributed by atoms with Gasteiger partial charge in [0.2, 0.25) is 5.91 Å². The van der Waals surface area contributed by atoms with E-state index in [-0.39, 0.29) is 13.2 Å². The molecule has 1 heterocycles. The number of carboxylic acids is 1. The van der Waals surface area contributed by atoms with Crippen LogP contribution in [0.25, 0.3) is 0 Å². The van der Waals surface area contributed by atoms with Crippen LogP contribution < -0.4 is 5.73 Å². The Balaban J connectivity index is 2.80. The van der Waals surface area contributed by atoms with E-state index >= 15 is 0 Å². The molecule has 19 heavy (non-hydrogen) atoms. The summed E-state index contributed by atoms with van der Waals surface area (Å²) in [6, 6.07) is -1.33. The van der Waals surface area contributed by atoms with Crippen molar-refractivity contribution in [3.8, 4) is 0 Å². The summed E-state index contributed by atoms with van der Waals surface area (Å²) in [6.07, 6.45) is 0.630. The van der Waals surface area contributed by atoms with E-state index in [0.29, 0.717) is 19.6 Å². The Hall–Kier alpha value is -1.83. The first kappa shape index (κ1) is 15.2. The van der Waals surface area contributed by atoms with Crippen molar-refractivity contribution < 1.29 is 24.2 Å². The van der Waals surface area contributed by atoms with E-state index in [1.165, 1.54) is 9.80 Å². The van der Waals surface area contributed by atoms with Gasteiger partial charge in [-0.25, -0.2) is 4.79 Å². The molecule has 1 fully saturated rings. The Morgan fingerprint density at radius 1 is 1.47 bits per heavy atom. The zero-order valence-corrected chi connectivity index (χ0v) is 10.9. The molecule has 8 nitrogen and oxygen atoms in total. The summed E-state index contributed by atoms with van der Waals surface area (Å²) < 4.78 is 5.12. The molecule has 8 heteroatoms. The lowest BCUT2D eigenvalue weighted by molar-refractivity contribution is -0.137. The Bertz CT molecular complexity index is 360. The molecule has 0 radical (unpaired) electrons. The van der Waals surface area contributed by atoms with E-state index < -0.39 is 30.5 Å². The van der Waals surface area contributed by atoms with Gasteiger partial charge in [0, 0.05) is 13.1 Å². The number of hydrogen-bond donors (Lipinski definition) is 2. The quantitative estimate of drug-likeness (QED) is 0.673. The SMILES string of the molecule is CCCN(CC(=O)O)C(=O)N1CCOCC1C(N)=O. The Morgan fingerprint density at radius 2 is 2.16 bits per heavy atom. The topological polar surface area (TPSA) is 113 Å². The molecule has 0 aromatic heterocycles. The molecule has 0 spiro atoms. The van der Waals surface area contributed by atoms with Gasteiger partial charge in [0.15, 0.2) is 0 Å². The molecule has 1 rings (SSSR count). The van der Waals surface area contributed by atoms with E-state index in [4.69, 9.17) is 15.6 Å². The summed E-state index contributed by atoms with van der Waals surface area (Å²) in [5.41, 5.74) is 5.22. The molecule has 0 aliphatic carbocycles. The molecule has 0 bridgehead atoms. The monoisotopic (exact) mass is 273 g/mol. The average molecular weight is 273 g/mol. The lowest BCUT2D eigenvalue weighted by atomic mass is 10.2. The van der Waals surface area contributed by atoms with E-state index in [0.717, 1.165) is 0 Å². The number of carboxylic acid groups (broad SMARTS) is 1. The van der Waals surface area contributed by atoms with Gasteiger partial charge in [-0.3, -0.25) is 9.59 Å². The van der Waals surface area contributed by atoms with Crippen LogP contribution in [0.15, 0.2) is 0 Å². The molecule has 1 unspecified atom stereocenters. The first-order valence-electron chi connectivity index (χ1n) is 6.11. The fraction of sp³-hybridized carbons (Fsp3) is 0.727. The highest BCUT2D eigenvalue weighted by Gasteiger charge is 2.34. The molecular weight excluding hydrogens is 254 g/mol. The molecule has 0 aromatic rings. The highest BCUT2D eigenvalue weighted by Crippen LogP contribution is 2.10. The molecule has 1 aliphatic heterocycles. The average Bonchev–Trinajstić information content (AvgIpc) is 2.37. The number of ether oxygens (including phenoxy) is 1. The second-order valence-electron chi connectivity index (χ2n) is 4.28. The van der Waals surface area contributed by atoms with Gasteiger partial charge in [-0.1, -0.05) is 6.92 Å². The van der Waals surface area contributed by atoms with Gasteiger partial charge in [-0.15, -0.1) is 0 Å². The molecule has 0 saturated carbocycles. The minimum Gasteiger partial charge on any atom is -0.480 e. The fourth-order valence-electron chi connectivity index (χ4n) is 1.93. The number of aliphatic carboxylic acids is 1. The van der Waals surface area contributed by atoms with Crippen molar-refractivity contribution in [3.63, 3.8) is 0 Å². The van der Waals surface area contributed by atoms with E-state index in [1.807, 2.05) is 6.92 Å². The van der Waals surface area contributed by atoms with Crippen LogP contribution in [0.1, 0.15) is 13.3 Å². The molecule has 108 valence electrons. The molecular formula is C11H19N3O5. The number of morpholine rings is 1. The summed E-state index contributed by atoms with van der Waals surface area (Å²) in [4.78, 5) is 36.8. The molecule has 3 N–H and O–H groups in total. The molecule has 1 atom stereocenters. The minimum absolute atomic E-state index is 0.0497. The number of urea groups is 1. The van der Waals surface area contributed by atoms with Gasteiger partial charge in [0.25, 0.3) is 0 Å². The van der Waals surface area contributed by atoms with Crippen LogP contribution in [-0.2, 0) is 14.3 Å². The normalized spacial score (nSPS) is 19.0. The van der Waals surface area contributed by atoms with Crippen molar-refractivity contribution in [2.45, 2.75) is 19.4 Å². The van der Waals surface area contributed by atoms with Crippen LogP contribution >= 0.6 is 0 Å². The number of nitrogens with two attached hydrogens (primary N) is 1. The van der Waals surface area contributed by atoms with Crippen LogP contribution in [0, 0.1) is 0 Å². The third kappa shape index (κ3) is 4.09. The van der Waals surface area contributed by atoms with Gasteiger partial charge in [-0.2, -0.15) is 0 Å². The van der Waals surface area contributed by atoms with Crippen LogP contribution in [0.4, 0.5) is 4.79 Å². The molecule has 1 saturated heterocycles. The molecule has 1 aliphatic rings. The zero-order chi connectivity index (χ0) is 14.4. The van der Waals surface area contributed by atoms with E-state index in [1.54, 1.807) is 0 Å². The maximum atomic E-state index is 12.3. The Morgan fingerprint density at radius 3 is 2.68 bits per heavy atom. The van der Waals surface area contributed by atoms with E-state index in [2.05, 4.69) is 0 Å². The van der Waals surface area contributed by atoms with Crippen molar-refractivity contribution in [1.29, 1.82) is 0 Å². The second-order valence-corrected chi connectivity index (χ2v) is 4.28. The summed E-state index contributed by atoms with van der Waals surface area (Å²) >= 11 is 0. The molecule has 3 amide bonds. The second kappa shape index (κ2) is 6.93. The third-order valence-corrected chi connectivity index (χ3v) is 2.79. The predicted molar refractivity (Wildman–Crippen MR) is 65.4 cm³/mol. The predicted octanol–water partition coefficient (Wildman–Crippen LogP) is -0.911. The van der Waals surface area contributed by atoms with Crippen LogP contribution in [-0.4, -0.2) is 71.7 Å². The summed E-state index contributed by atoms with van der Waals surface area (Å²) in [5.74, 6) is -1.74. The van der Waals surface area contributed by atoms with Gasteiger partial charge < -0.3 is 25.4 Å². The Labute approximate surface area is 111 Å². The van der Waals surface area contributed by atoms with Gasteiger partial charge >= 0.3 is 12.0 Å². The van der Waals surface area contributed by atoms with Crippen LogP contribution in [0.5, 0.6) is 0 Å². The minimum atomic E-state index is -1.09. The van der Waals surface area contributed by atoms with Crippen molar-refractivity contribution in [3.05, 3.63) is 0 Å². The first-order valence-corrected chi connectivity index (χ1v) is 6.11. The molecule has 0 aromatic carbocycles. The lowest BCUT2D eigenvalue weighted by Gasteiger charge is -2.36. The summed E-state index contributed by atoms with van der Waals surface area (Å²) in [6.45, 7) is 2.35. The van der Waals surface area contributed by atoms with Gasteiger partial charge in [-0.05, 0) is 6.42 Å². The lowest BCUT2D eigenvalue weighted by Crippen LogP contribution is -2.58. The van der Waals surface area contributed by atoms with E-state index in [9.17, 15) is 14.4 Å². The standard InChI is InChI=1S/C11H19N3O5/c1-2-3-13(6-9(15)16)11(18)14-4-5-19-7-8(14)10(12)17/h8H,2-7H2,1H3,(H2,12,17)(H,15,16). The van der Waals surface area contributed by atoms with Crippen LogP contribution in [0.2, 0.25) is 0 Å². The highest BCUT2D eigenvalue weighted by atomic mass is 16.5. The number of hydrogen-bond acceptors (Lipinski definition) is 4. The number of nitrogens with zero attached hydrogens (tertiary/aromatic N) is 2. The largest absolute Gasteiger partial charge is 0.480 e. The summed E-state index contributed by atoms with van der Waals surface area (Å²) in [7, 11) is 0. The third-order valence-electron chi connectivity index (χ3n) is 2.79. The zero-order valence-electron chi connectivity index (χ0n) is 10.9. The van der Waals surface area contributed by atoms with Gasteiger partial charge in [0.1, 0.15) is 12.6 Å². The number of carbonyl (C=O) groups is 3. The van der Waals surface area contributed by atoms with Crippen LogP contribution in [0.3, 0.4) is 0 Å². The highest BCUT2D eigenvalue weighted by molar-refractivity contribution is 5.87. The van der Waals surface area contributed by atoms with Gasteiger partial charge in [0.05, 0.1) is 13.2 Å². The van der Waals surface area contributed by atoms with Crippen molar-refractivity contribution >= 4 is 17.9 Å². The Kier molecular flexibility index (Phi) is 5.56. The maximum absolute atomic E-state index is 12.3. The first-order chi connectivity index (χ1) is 8.97. The number of carbonyl (C=O) groups excluding carboxylic acids is 2. The summed E-state index contributed by atoms with van der Waals surface area (Å²) in [5, 5.41) is 8.80. The number of rotatable bonds is 5. The fourth-order valence-corrected chi connectivity index (χ4v) is 1.93. The number of primary amides is 1.